The first kappa shape index (κ1) is 19.1. The molecule has 3 aromatic rings. The van der Waals surface area contributed by atoms with Crippen molar-refractivity contribution in [3.63, 3.8) is 0 Å². The molecule has 0 radical (unpaired) electrons. The van der Waals surface area contributed by atoms with Crippen LogP contribution in [0, 0.1) is 12.3 Å². The molecule has 0 amide bonds. The number of terminal acetylenes is 1. The fourth-order valence-corrected chi connectivity index (χ4v) is 3.90. The van der Waals surface area contributed by atoms with Crippen LogP contribution < -0.4 is 4.90 Å². The lowest BCUT2D eigenvalue weighted by atomic mass is 9.81. The standard InChI is InChI=1S/C21H19ClN6O/c1-4-11-29-21(2)16-12-14(22)5-7-18(16)28(10-9-20-24-26-27-25-20)19-8-6-15(23-3)13-17(19)21/h1,5-8,12-13H,3,9-11H2,2H3,(H,24,25,26,27). The third-order valence-corrected chi connectivity index (χ3v) is 5.37. The maximum atomic E-state index is 6.36. The van der Waals surface area contributed by atoms with Crippen molar-refractivity contribution in [2.75, 3.05) is 18.1 Å². The van der Waals surface area contributed by atoms with Gasteiger partial charge in [-0.2, -0.15) is 0 Å². The van der Waals surface area contributed by atoms with Gasteiger partial charge in [0.25, 0.3) is 0 Å². The molecule has 1 unspecified atom stereocenters. The quantitative estimate of drug-likeness (QED) is 0.497. The van der Waals surface area contributed by atoms with Gasteiger partial charge in [-0.05, 0) is 60.5 Å². The van der Waals surface area contributed by atoms with Crippen molar-refractivity contribution >= 4 is 35.4 Å². The number of fused-ring (bicyclic) bond motifs is 2. The Morgan fingerprint density at radius 3 is 2.72 bits per heavy atom. The minimum atomic E-state index is -0.785. The van der Waals surface area contributed by atoms with E-state index in [2.05, 4.69) is 43.2 Å². The first-order valence-electron chi connectivity index (χ1n) is 9.05. The molecule has 0 bridgehead atoms. The number of H-pyrrole nitrogens is 1. The zero-order chi connectivity index (χ0) is 20.4. The number of anilines is 2. The van der Waals surface area contributed by atoms with Crippen molar-refractivity contribution in [1.29, 1.82) is 0 Å². The average molecular weight is 407 g/mol. The summed E-state index contributed by atoms with van der Waals surface area (Å²) in [4.78, 5) is 6.29. The van der Waals surface area contributed by atoms with E-state index in [1.165, 1.54) is 0 Å². The molecule has 29 heavy (non-hydrogen) atoms. The van der Waals surface area contributed by atoms with E-state index >= 15 is 0 Å². The summed E-state index contributed by atoms with van der Waals surface area (Å²) in [5, 5.41) is 14.7. The second-order valence-electron chi connectivity index (χ2n) is 6.80. The lowest BCUT2D eigenvalue weighted by Gasteiger charge is -2.43. The summed E-state index contributed by atoms with van der Waals surface area (Å²) in [6.45, 7) is 6.48. The highest BCUT2D eigenvalue weighted by atomic mass is 35.5. The number of aliphatic imine (C=N–C) groups is 1. The van der Waals surface area contributed by atoms with E-state index in [1.807, 2.05) is 43.3 Å². The molecule has 0 saturated carbocycles. The highest BCUT2D eigenvalue weighted by Crippen LogP contribution is 2.51. The summed E-state index contributed by atoms with van der Waals surface area (Å²) in [7, 11) is 0. The molecule has 0 fully saturated rings. The molecule has 0 aliphatic carbocycles. The van der Waals surface area contributed by atoms with Crippen molar-refractivity contribution < 1.29 is 4.74 Å². The van der Waals surface area contributed by atoms with Gasteiger partial charge < -0.3 is 9.64 Å². The van der Waals surface area contributed by atoms with Gasteiger partial charge in [-0.25, -0.2) is 5.10 Å². The predicted molar refractivity (Wildman–Crippen MR) is 113 cm³/mol. The van der Waals surface area contributed by atoms with Gasteiger partial charge in [0.2, 0.25) is 0 Å². The maximum absolute atomic E-state index is 6.36. The van der Waals surface area contributed by atoms with E-state index in [0.717, 1.165) is 28.2 Å². The minimum absolute atomic E-state index is 0.164. The number of nitrogens with one attached hydrogen (secondary N) is 1. The van der Waals surface area contributed by atoms with E-state index in [1.54, 1.807) is 0 Å². The van der Waals surface area contributed by atoms with Crippen molar-refractivity contribution in [3.05, 3.63) is 58.4 Å². The molecule has 0 spiro atoms. The number of hydrogen-bond donors (Lipinski definition) is 1. The van der Waals surface area contributed by atoms with Gasteiger partial charge in [-0.3, -0.25) is 4.99 Å². The lowest BCUT2D eigenvalue weighted by molar-refractivity contribution is 0.0167. The molecule has 2 aromatic carbocycles. The summed E-state index contributed by atoms with van der Waals surface area (Å²) in [6, 6.07) is 11.7. The van der Waals surface area contributed by atoms with Crippen LogP contribution >= 0.6 is 11.6 Å². The van der Waals surface area contributed by atoms with Crippen LogP contribution in [0.5, 0.6) is 0 Å². The van der Waals surface area contributed by atoms with Crippen molar-refractivity contribution in [3.8, 4) is 12.3 Å². The predicted octanol–water partition coefficient (Wildman–Crippen LogP) is 3.79. The normalized spacial score (nSPS) is 17.3. The van der Waals surface area contributed by atoms with Gasteiger partial charge in [0.05, 0.1) is 5.69 Å². The Labute approximate surface area is 173 Å². The van der Waals surface area contributed by atoms with E-state index in [9.17, 15) is 0 Å². The molecule has 1 aromatic heterocycles. The van der Waals surface area contributed by atoms with Crippen LogP contribution in [-0.2, 0) is 16.8 Å². The van der Waals surface area contributed by atoms with Gasteiger partial charge in [-0.15, -0.1) is 11.5 Å². The Bertz CT molecular complexity index is 1090. The Morgan fingerprint density at radius 1 is 1.28 bits per heavy atom. The first-order chi connectivity index (χ1) is 14.1. The van der Waals surface area contributed by atoms with Crippen LogP contribution in [0.25, 0.3) is 0 Å². The third-order valence-electron chi connectivity index (χ3n) is 5.14. The van der Waals surface area contributed by atoms with Crippen LogP contribution in [0.1, 0.15) is 23.9 Å². The van der Waals surface area contributed by atoms with Crippen molar-refractivity contribution in [2.45, 2.75) is 18.9 Å². The van der Waals surface area contributed by atoms with E-state index < -0.39 is 5.60 Å². The molecule has 1 atom stereocenters. The number of aromatic nitrogens is 4. The highest BCUT2D eigenvalue weighted by molar-refractivity contribution is 6.30. The van der Waals surface area contributed by atoms with E-state index in [0.29, 0.717) is 23.8 Å². The topological polar surface area (TPSA) is 79.3 Å². The van der Waals surface area contributed by atoms with Crippen molar-refractivity contribution in [1.82, 2.24) is 20.6 Å². The van der Waals surface area contributed by atoms with Crippen LogP contribution in [0.15, 0.2) is 41.4 Å². The Morgan fingerprint density at radius 2 is 2.03 bits per heavy atom. The summed E-state index contributed by atoms with van der Waals surface area (Å²) >= 11 is 6.36. The minimum Gasteiger partial charge on any atom is -0.353 e. The van der Waals surface area contributed by atoms with E-state index in [-0.39, 0.29) is 6.61 Å². The molecule has 1 aliphatic heterocycles. The Balaban J connectivity index is 1.87. The number of ether oxygens (including phenoxy) is 1. The average Bonchev–Trinajstić information content (AvgIpc) is 3.26. The smallest absolute Gasteiger partial charge is 0.150 e. The number of hydrogen-bond acceptors (Lipinski definition) is 6. The number of nitrogens with zero attached hydrogens (tertiary/aromatic N) is 5. The molecule has 8 heteroatoms. The first-order valence-corrected chi connectivity index (χ1v) is 9.43. The summed E-state index contributed by atoms with van der Waals surface area (Å²) < 4.78 is 6.20. The monoisotopic (exact) mass is 406 g/mol. The van der Waals surface area contributed by atoms with Crippen LogP contribution in [0.4, 0.5) is 17.1 Å². The lowest BCUT2D eigenvalue weighted by Crippen LogP contribution is -2.38. The Kier molecular flexibility index (Phi) is 5.05. The van der Waals surface area contributed by atoms with Crippen LogP contribution in [0.3, 0.4) is 0 Å². The summed E-state index contributed by atoms with van der Waals surface area (Å²) in [5.41, 5.74) is 3.84. The second-order valence-corrected chi connectivity index (χ2v) is 7.23. The molecule has 2 heterocycles. The fourth-order valence-electron chi connectivity index (χ4n) is 3.73. The molecule has 7 nitrogen and oxygen atoms in total. The summed E-state index contributed by atoms with van der Waals surface area (Å²) in [5.74, 6) is 3.28. The van der Waals surface area contributed by atoms with Gasteiger partial charge in [-0.1, -0.05) is 17.5 Å². The molecule has 4 rings (SSSR count). The highest BCUT2D eigenvalue weighted by Gasteiger charge is 2.41. The van der Waals surface area contributed by atoms with Crippen LogP contribution in [-0.4, -0.2) is 40.5 Å². The largest absolute Gasteiger partial charge is 0.353 e. The molecular weight excluding hydrogens is 388 g/mol. The zero-order valence-electron chi connectivity index (χ0n) is 15.9. The fraction of sp³-hybridized carbons (Fsp3) is 0.238. The van der Waals surface area contributed by atoms with Crippen molar-refractivity contribution in [2.24, 2.45) is 4.99 Å². The van der Waals surface area contributed by atoms with Gasteiger partial charge in [0, 0.05) is 40.5 Å². The second kappa shape index (κ2) is 7.66. The van der Waals surface area contributed by atoms with E-state index in [4.69, 9.17) is 22.8 Å². The number of halogens is 1. The Hall–Kier alpha value is -3.21. The number of benzene rings is 2. The van der Waals surface area contributed by atoms with Gasteiger partial charge in [0.1, 0.15) is 18.0 Å². The summed E-state index contributed by atoms with van der Waals surface area (Å²) in [6.07, 6.45) is 6.13. The number of aromatic amines is 1. The zero-order valence-corrected chi connectivity index (χ0v) is 16.6. The van der Waals surface area contributed by atoms with Gasteiger partial charge in [0.15, 0.2) is 0 Å². The molecular formula is C21H19ClN6O. The number of tetrazole rings is 1. The molecule has 1 aliphatic rings. The maximum Gasteiger partial charge on any atom is 0.150 e. The SMILES string of the molecule is C#CCOC1(C)c2cc(Cl)ccc2N(CCc2nnn[nH]2)c2ccc(N=C)cc21. The van der Waals surface area contributed by atoms with Crippen LogP contribution in [0.2, 0.25) is 5.02 Å². The third kappa shape index (κ3) is 3.37. The van der Waals surface area contributed by atoms with Gasteiger partial charge >= 0.3 is 0 Å². The molecule has 0 saturated heterocycles. The molecule has 1 N–H and O–H groups in total. The molecule has 146 valence electrons. The number of rotatable bonds is 6.